The summed E-state index contributed by atoms with van der Waals surface area (Å²) in [5, 5.41) is 17.8. The van der Waals surface area contributed by atoms with E-state index in [-0.39, 0.29) is 20.9 Å². The minimum absolute atomic E-state index is 0.163. The van der Waals surface area contributed by atoms with Gasteiger partial charge in [0.25, 0.3) is 0 Å². The minimum Gasteiger partial charge on any atom is -0.334 e. The molecule has 0 aromatic heterocycles. The Morgan fingerprint density at radius 2 is 1.76 bits per heavy atom. The standard InChI is InChI=1S/C17H13Cl2N3O2S/c1-10-7-8-12-13(9-10)21-17(20-12)14(22(23)24)15(16(18)19)25-11-5-3-2-4-6-11/h2-9,20-21H,1H3/b17-14+. The zero-order valence-corrected chi connectivity index (χ0v) is 15.4. The molecule has 2 aromatic rings. The van der Waals surface area contributed by atoms with Crippen molar-refractivity contribution in [2.45, 2.75) is 11.8 Å². The second-order valence-electron chi connectivity index (χ2n) is 5.28. The summed E-state index contributed by atoms with van der Waals surface area (Å²) in [5.74, 6) is 0.239. The molecule has 1 aliphatic rings. The molecule has 0 bridgehead atoms. The van der Waals surface area contributed by atoms with Crippen LogP contribution >= 0.6 is 35.0 Å². The van der Waals surface area contributed by atoms with Crippen LogP contribution in [0.5, 0.6) is 0 Å². The number of thioether (sulfide) groups is 1. The van der Waals surface area contributed by atoms with E-state index < -0.39 is 4.92 Å². The number of nitrogens with zero attached hydrogens (tertiary/aromatic N) is 1. The van der Waals surface area contributed by atoms with Gasteiger partial charge in [-0.25, -0.2) is 0 Å². The van der Waals surface area contributed by atoms with E-state index in [1.807, 2.05) is 55.5 Å². The number of hydrogen-bond acceptors (Lipinski definition) is 5. The summed E-state index contributed by atoms with van der Waals surface area (Å²) in [4.78, 5) is 12.2. The monoisotopic (exact) mass is 393 g/mol. The first-order chi connectivity index (χ1) is 12.0. The summed E-state index contributed by atoms with van der Waals surface area (Å²) >= 11 is 13.1. The largest absolute Gasteiger partial charge is 0.334 e. The van der Waals surface area contributed by atoms with Gasteiger partial charge in [0.2, 0.25) is 0 Å². The number of nitro groups is 1. The lowest BCUT2D eigenvalue weighted by atomic mass is 10.2. The highest BCUT2D eigenvalue weighted by Crippen LogP contribution is 2.41. The molecule has 25 heavy (non-hydrogen) atoms. The third-order valence-corrected chi connectivity index (χ3v) is 5.18. The second-order valence-corrected chi connectivity index (χ2v) is 7.32. The summed E-state index contributed by atoms with van der Waals surface area (Å²) in [6.45, 7) is 1.95. The van der Waals surface area contributed by atoms with Crippen molar-refractivity contribution in [1.29, 1.82) is 0 Å². The van der Waals surface area contributed by atoms with Gasteiger partial charge in [0.15, 0.2) is 5.82 Å². The van der Waals surface area contributed by atoms with Gasteiger partial charge in [-0.15, -0.1) is 0 Å². The lowest BCUT2D eigenvalue weighted by Crippen LogP contribution is -2.12. The van der Waals surface area contributed by atoms with E-state index in [1.54, 1.807) is 0 Å². The van der Waals surface area contributed by atoms with E-state index in [2.05, 4.69) is 10.6 Å². The second kappa shape index (κ2) is 7.39. The number of nitrogens with one attached hydrogen (secondary N) is 2. The van der Waals surface area contributed by atoms with Crippen LogP contribution in [-0.4, -0.2) is 4.92 Å². The topological polar surface area (TPSA) is 67.2 Å². The SMILES string of the molecule is Cc1ccc2c(c1)N/C(=C(\C(Sc1ccccc1)=C(Cl)Cl)[N+](=O)[O-])N2. The predicted octanol–water partition coefficient (Wildman–Crippen LogP) is 5.72. The number of benzene rings is 2. The van der Waals surface area contributed by atoms with Crippen LogP contribution in [0.4, 0.5) is 11.4 Å². The molecule has 0 saturated heterocycles. The van der Waals surface area contributed by atoms with E-state index >= 15 is 0 Å². The fourth-order valence-electron chi connectivity index (χ4n) is 2.36. The number of fused-ring (bicyclic) bond motifs is 1. The fourth-order valence-corrected chi connectivity index (χ4v) is 3.65. The molecular formula is C17H13Cl2N3O2S. The maximum Gasteiger partial charge on any atom is 0.325 e. The van der Waals surface area contributed by atoms with E-state index in [0.717, 1.165) is 33.6 Å². The van der Waals surface area contributed by atoms with Crippen LogP contribution in [-0.2, 0) is 0 Å². The third-order valence-electron chi connectivity index (χ3n) is 3.46. The van der Waals surface area contributed by atoms with Crippen molar-refractivity contribution in [3.63, 3.8) is 0 Å². The van der Waals surface area contributed by atoms with Gasteiger partial charge in [-0.1, -0.05) is 59.2 Å². The molecule has 128 valence electrons. The van der Waals surface area contributed by atoms with Crippen LogP contribution in [0.3, 0.4) is 0 Å². The Labute approximate surface area is 158 Å². The number of rotatable bonds is 4. The number of aryl methyl sites for hydroxylation is 1. The molecule has 0 fully saturated rings. The summed E-state index contributed by atoms with van der Waals surface area (Å²) in [7, 11) is 0. The Morgan fingerprint density at radius 1 is 1.08 bits per heavy atom. The van der Waals surface area contributed by atoms with Crippen LogP contribution in [0, 0.1) is 17.0 Å². The number of anilines is 2. The first-order valence-electron chi connectivity index (χ1n) is 7.27. The Hall–Kier alpha value is -2.15. The molecule has 2 aromatic carbocycles. The summed E-state index contributed by atoms with van der Waals surface area (Å²) in [5.41, 5.74) is 2.36. The lowest BCUT2D eigenvalue weighted by molar-refractivity contribution is -0.420. The summed E-state index contributed by atoms with van der Waals surface area (Å²) in [6, 6.07) is 14.9. The molecular weight excluding hydrogens is 381 g/mol. The van der Waals surface area contributed by atoms with Crippen LogP contribution in [0.1, 0.15) is 5.56 Å². The van der Waals surface area contributed by atoms with E-state index in [9.17, 15) is 10.1 Å². The maximum atomic E-state index is 11.7. The zero-order chi connectivity index (χ0) is 18.0. The van der Waals surface area contributed by atoms with Gasteiger partial charge in [-0.05, 0) is 36.8 Å². The molecule has 8 heteroatoms. The van der Waals surface area contributed by atoms with Crippen LogP contribution in [0.25, 0.3) is 0 Å². The van der Waals surface area contributed by atoms with Crippen molar-refractivity contribution in [2.75, 3.05) is 10.6 Å². The predicted molar refractivity (Wildman–Crippen MR) is 103 cm³/mol. The van der Waals surface area contributed by atoms with Crippen molar-refractivity contribution in [3.05, 3.63) is 85.1 Å². The molecule has 0 unspecified atom stereocenters. The van der Waals surface area contributed by atoms with Gasteiger partial charge < -0.3 is 10.6 Å². The summed E-state index contributed by atoms with van der Waals surface area (Å²) in [6.07, 6.45) is 0. The Morgan fingerprint density at radius 3 is 2.40 bits per heavy atom. The molecule has 2 N–H and O–H groups in total. The van der Waals surface area contributed by atoms with Crippen molar-refractivity contribution < 1.29 is 4.92 Å². The number of halogens is 2. The zero-order valence-electron chi connectivity index (χ0n) is 13.0. The average Bonchev–Trinajstić information content (AvgIpc) is 2.97. The molecule has 0 amide bonds. The quantitative estimate of drug-likeness (QED) is 0.395. The van der Waals surface area contributed by atoms with Crippen molar-refractivity contribution in [1.82, 2.24) is 0 Å². The summed E-state index contributed by atoms with van der Waals surface area (Å²) < 4.78 is -0.163. The number of hydrogen-bond donors (Lipinski definition) is 2. The van der Waals surface area contributed by atoms with Gasteiger partial charge in [0, 0.05) is 4.90 Å². The van der Waals surface area contributed by atoms with Gasteiger partial charge in [-0.3, -0.25) is 10.1 Å². The van der Waals surface area contributed by atoms with Gasteiger partial charge in [0.05, 0.1) is 16.3 Å². The van der Waals surface area contributed by atoms with Crippen molar-refractivity contribution in [3.8, 4) is 0 Å². The van der Waals surface area contributed by atoms with Gasteiger partial charge in [-0.2, -0.15) is 0 Å². The first kappa shape index (κ1) is 17.7. The molecule has 0 spiro atoms. The lowest BCUT2D eigenvalue weighted by Gasteiger charge is -2.08. The van der Waals surface area contributed by atoms with Crippen LogP contribution in [0.15, 0.2) is 74.3 Å². The Balaban J connectivity index is 2.03. The highest BCUT2D eigenvalue weighted by atomic mass is 35.5. The minimum atomic E-state index is -0.496. The maximum absolute atomic E-state index is 11.7. The third kappa shape index (κ3) is 3.92. The van der Waals surface area contributed by atoms with E-state index in [4.69, 9.17) is 23.2 Å². The molecule has 0 radical (unpaired) electrons. The Bertz CT molecular complexity index is 894. The molecule has 1 aliphatic heterocycles. The smallest absolute Gasteiger partial charge is 0.325 e. The molecule has 0 aliphatic carbocycles. The molecule has 1 heterocycles. The van der Waals surface area contributed by atoms with E-state index in [0.29, 0.717) is 0 Å². The fraction of sp³-hybridized carbons (Fsp3) is 0.0588. The van der Waals surface area contributed by atoms with Gasteiger partial charge >= 0.3 is 5.70 Å². The molecule has 0 saturated carbocycles. The van der Waals surface area contributed by atoms with Crippen LogP contribution < -0.4 is 10.6 Å². The van der Waals surface area contributed by atoms with Crippen LogP contribution in [0.2, 0.25) is 0 Å². The van der Waals surface area contributed by atoms with E-state index in [1.165, 1.54) is 0 Å². The Kier molecular flexibility index (Phi) is 5.22. The van der Waals surface area contributed by atoms with Crippen molar-refractivity contribution in [2.24, 2.45) is 0 Å². The normalized spacial score (nSPS) is 14.2. The highest BCUT2D eigenvalue weighted by Gasteiger charge is 2.31. The molecule has 3 rings (SSSR count). The first-order valence-corrected chi connectivity index (χ1v) is 8.85. The van der Waals surface area contributed by atoms with Crippen molar-refractivity contribution >= 4 is 46.3 Å². The molecule has 5 nitrogen and oxygen atoms in total. The van der Waals surface area contributed by atoms with Gasteiger partial charge in [0.1, 0.15) is 9.40 Å². The average molecular weight is 394 g/mol. The highest BCUT2D eigenvalue weighted by molar-refractivity contribution is 8.03. The molecule has 0 atom stereocenters.